The summed E-state index contributed by atoms with van der Waals surface area (Å²) < 4.78 is 15.0. The van der Waals surface area contributed by atoms with Gasteiger partial charge in [-0.05, 0) is 111 Å². The van der Waals surface area contributed by atoms with Crippen molar-refractivity contribution in [1.82, 2.24) is 20.6 Å². The van der Waals surface area contributed by atoms with Gasteiger partial charge in [-0.2, -0.15) is 0 Å². The van der Waals surface area contributed by atoms with E-state index in [-0.39, 0.29) is 54.7 Å². The monoisotopic (exact) mass is 714 g/mol. The van der Waals surface area contributed by atoms with E-state index in [1.54, 1.807) is 81.4 Å². The first kappa shape index (κ1) is 47.8. The van der Waals surface area contributed by atoms with Crippen molar-refractivity contribution in [2.24, 2.45) is 0 Å². The molecule has 0 unspecified atom stereocenters. The summed E-state index contributed by atoms with van der Waals surface area (Å²) in [4.78, 5) is 76.5. The Bertz CT molecular complexity index is 1490. The van der Waals surface area contributed by atoms with Crippen LogP contribution in [0.25, 0.3) is 0 Å². The van der Waals surface area contributed by atoms with Crippen LogP contribution in [0.1, 0.15) is 82.1 Å². The largest absolute Gasteiger partial charge is 1.00 e. The molecule has 0 radical (unpaired) electrons. The molecule has 0 aliphatic carbocycles. The molecule has 0 fully saturated rings. The van der Waals surface area contributed by atoms with Gasteiger partial charge in [0.05, 0.1) is 6.61 Å². The van der Waals surface area contributed by atoms with Gasteiger partial charge in [0, 0.05) is 24.5 Å². The van der Waals surface area contributed by atoms with Gasteiger partial charge >= 0.3 is 65.5 Å². The van der Waals surface area contributed by atoms with Crippen molar-refractivity contribution in [2.45, 2.75) is 100 Å². The molecule has 2 aromatic rings. The molecule has 17 nitrogen and oxygen atoms in total. The number of aryl methyl sites for hydroxylation is 4. The molecule has 2 aromatic heterocycles. The SMILES string of the molecule is CCOC(=O)C(=O)NCc1c(C)cc(NC(=O)OC(C)(C)C)nc1C.Cc1cc(NC(=O)OC(C)(C)C)nc(C)c1CNC(=O)C(=O)O.[Na+].[OH-]. The summed E-state index contributed by atoms with van der Waals surface area (Å²) in [5.41, 5.74) is 2.98. The van der Waals surface area contributed by atoms with Gasteiger partial charge in [-0.3, -0.25) is 20.2 Å². The van der Waals surface area contributed by atoms with Gasteiger partial charge in [0.25, 0.3) is 0 Å². The summed E-state index contributed by atoms with van der Waals surface area (Å²) in [7, 11) is 0. The zero-order chi connectivity index (χ0) is 37.0. The molecule has 0 aromatic carbocycles. The van der Waals surface area contributed by atoms with Crippen molar-refractivity contribution in [3.63, 3.8) is 0 Å². The first-order chi connectivity index (χ1) is 22.0. The zero-order valence-electron chi connectivity index (χ0n) is 30.7. The number of aromatic nitrogens is 2. The van der Waals surface area contributed by atoms with Gasteiger partial charge in [-0.1, -0.05) is 0 Å². The minimum absolute atomic E-state index is 0. The Morgan fingerprint density at radius 2 is 1.06 bits per heavy atom. The summed E-state index contributed by atoms with van der Waals surface area (Å²) in [5, 5.41) is 18.4. The van der Waals surface area contributed by atoms with Crippen molar-refractivity contribution in [3.05, 3.63) is 45.8 Å². The first-order valence-corrected chi connectivity index (χ1v) is 14.9. The molecule has 0 atom stereocenters. The average Bonchev–Trinajstić information content (AvgIpc) is 2.90. The zero-order valence-corrected chi connectivity index (χ0v) is 32.7. The third-order valence-corrected chi connectivity index (χ3v) is 5.87. The van der Waals surface area contributed by atoms with Crippen molar-refractivity contribution in [2.75, 3.05) is 17.2 Å². The number of hydrogen-bond donors (Lipinski definition) is 5. The Kier molecular flexibility index (Phi) is 20.1. The van der Waals surface area contributed by atoms with Gasteiger partial charge in [-0.15, -0.1) is 0 Å². The van der Waals surface area contributed by atoms with Gasteiger partial charge in [0.15, 0.2) is 0 Å². The summed E-state index contributed by atoms with van der Waals surface area (Å²) in [6, 6.07) is 3.29. The maximum atomic E-state index is 11.8. The fourth-order valence-corrected chi connectivity index (χ4v) is 3.88. The van der Waals surface area contributed by atoms with E-state index in [2.05, 4.69) is 36.0 Å². The number of carbonyl (C=O) groups is 6. The van der Waals surface area contributed by atoms with Gasteiger partial charge < -0.3 is 35.4 Å². The van der Waals surface area contributed by atoms with E-state index in [1.165, 1.54) is 0 Å². The molecule has 0 saturated heterocycles. The van der Waals surface area contributed by atoms with Crippen LogP contribution in [0.15, 0.2) is 12.1 Å². The Morgan fingerprint density at radius 1 is 0.700 bits per heavy atom. The second-order valence-electron chi connectivity index (χ2n) is 12.4. The van der Waals surface area contributed by atoms with Crippen LogP contribution in [0.3, 0.4) is 0 Å². The normalized spacial score (nSPS) is 10.4. The summed E-state index contributed by atoms with van der Waals surface area (Å²) in [6.45, 7) is 19.6. The van der Waals surface area contributed by atoms with Crippen LogP contribution in [0.4, 0.5) is 21.2 Å². The molecular weight excluding hydrogens is 667 g/mol. The predicted octanol–water partition coefficient (Wildman–Crippen LogP) is 0.798. The van der Waals surface area contributed by atoms with Crippen LogP contribution >= 0.6 is 0 Å². The van der Waals surface area contributed by atoms with E-state index in [0.29, 0.717) is 28.6 Å². The van der Waals surface area contributed by atoms with E-state index in [1.807, 2.05) is 6.92 Å². The van der Waals surface area contributed by atoms with E-state index in [0.717, 1.165) is 16.7 Å². The number of carbonyl (C=O) groups excluding carboxylic acids is 5. The number of hydrogen-bond acceptors (Lipinski definition) is 12. The summed E-state index contributed by atoms with van der Waals surface area (Å²) in [5.74, 6) is -3.69. The van der Waals surface area contributed by atoms with Crippen molar-refractivity contribution in [1.29, 1.82) is 0 Å². The van der Waals surface area contributed by atoms with E-state index in [9.17, 15) is 28.8 Å². The molecule has 272 valence electrons. The maximum Gasteiger partial charge on any atom is 1.00 e. The molecule has 18 heteroatoms. The molecule has 4 amide bonds. The molecule has 6 N–H and O–H groups in total. The van der Waals surface area contributed by atoms with Crippen LogP contribution in [0.5, 0.6) is 0 Å². The number of amides is 4. The number of rotatable bonds is 7. The second-order valence-corrected chi connectivity index (χ2v) is 12.4. The number of anilines is 2. The maximum absolute atomic E-state index is 11.8. The molecule has 0 bridgehead atoms. The summed E-state index contributed by atoms with van der Waals surface area (Å²) >= 11 is 0. The van der Waals surface area contributed by atoms with Crippen LogP contribution in [0, 0.1) is 27.7 Å². The number of nitrogens with zero attached hydrogens (tertiary/aromatic N) is 2. The van der Waals surface area contributed by atoms with Crippen LogP contribution in [-0.2, 0) is 46.5 Å². The van der Waals surface area contributed by atoms with Crippen molar-refractivity contribution >= 4 is 47.6 Å². The molecule has 0 saturated carbocycles. The second kappa shape index (κ2) is 21.0. The quantitative estimate of drug-likeness (QED) is 0.115. The number of carboxylic acid groups (broad SMARTS) is 1. The van der Waals surface area contributed by atoms with E-state index in [4.69, 9.17) is 14.6 Å². The van der Waals surface area contributed by atoms with E-state index < -0.39 is 47.1 Å². The molecule has 0 spiro atoms. The topological polar surface area (TPSA) is 254 Å². The Morgan fingerprint density at radius 3 is 1.36 bits per heavy atom. The third kappa shape index (κ3) is 17.9. The molecule has 0 aliphatic rings. The molecular formula is C32H47N6NaO11. The number of ether oxygens (including phenoxy) is 3. The number of nitrogens with one attached hydrogen (secondary N) is 4. The molecule has 0 aliphatic heterocycles. The van der Waals surface area contributed by atoms with Crippen LogP contribution in [-0.4, -0.2) is 74.3 Å². The van der Waals surface area contributed by atoms with Crippen LogP contribution in [0.2, 0.25) is 0 Å². The van der Waals surface area contributed by atoms with Crippen molar-refractivity contribution in [3.8, 4) is 0 Å². The Labute approximate surface area is 313 Å². The van der Waals surface area contributed by atoms with Gasteiger partial charge in [0.1, 0.15) is 22.8 Å². The van der Waals surface area contributed by atoms with E-state index >= 15 is 0 Å². The standard InChI is InChI=1S/C17H25N3O5.C15H21N3O5.Na.H2O/c1-7-24-15(22)14(21)18-9-12-10(2)8-13(19-11(12)3)20-16(23)25-17(4,5)6;1-8-6-11(18-14(22)23-15(3,4)5)17-9(2)10(8)7-16-12(19)13(20)21;;/h8H,7,9H2,1-6H3,(H,18,21)(H,19,20,23);6H,7H2,1-5H3,(H,16,19)(H,20,21)(H,17,18,22);;1H2/q;;+1;/p-1. The smallest absolute Gasteiger partial charge is 0.870 e. The fraction of sp³-hybridized carbons (Fsp3) is 0.500. The minimum Gasteiger partial charge on any atom is -0.870 e. The molecule has 2 heterocycles. The molecule has 50 heavy (non-hydrogen) atoms. The minimum atomic E-state index is -1.54. The molecule has 2 rings (SSSR count). The average molecular weight is 715 g/mol. The number of carboxylic acids is 1. The summed E-state index contributed by atoms with van der Waals surface area (Å²) in [6.07, 6.45) is -1.21. The predicted molar refractivity (Wildman–Crippen MR) is 177 cm³/mol. The van der Waals surface area contributed by atoms with Gasteiger partial charge in [-0.25, -0.2) is 29.1 Å². The third-order valence-electron chi connectivity index (χ3n) is 5.87. The first-order valence-electron chi connectivity index (χ1n) is 14.9. The number of esters is 1. The number of pyridine rings is 2. The number of aliphatic carboxylic acids is 1. The van der Waals surface area contributed by atoms with Crippen LogP contribution < -0.4 is 50.8 Å². The Balaban J connectivity index is 0. The Hall–Kier alpha value is -4.32. The fourth-order valence-electron chi connectivity index (χ4n) is 3.88. The van der Waals surface area contributed by atoms with Gasteiger partial charge in [0.2, 0.25) is 0 Å². The van der Waals surface area contributed by atoms with Crippen molar-refractivity contribution < 1.29 is 83.1 Å².